The Bertz CT molecular complexity index is 91.0. The predicted molar refractivity (Wildman–Crippen MR) is 30.2 cm³/mol. The Morgan fingerprint density at radius 2 is 2.33 bits per heavy atom. The molecule has 1 N–H and O–H groups in total. The fourth-order valence-electron chi connectivity index (χ4n) is 0.411. The van der Waals surface area contributed by atoms with Gasteiger partial charge in [0.25, 0.3) is 0 Å². The Morgan fingerprint density at radius 1 is 1.78 bits per heavy atom. The van der Waals surface area contributed by atoms with E-state index in [2.05, 4.69) is 4.74 Å². The van der Waals surface area contributed by atoms with E-state index >= 15 is 0 Å². The molecule has 0 heterocycles. The lowest BCUT2D eigenvalue weighted by atomic mass is 10.7. The molecular weight excluding hydrogens is 124 g/mol. The smallest absolute Gasteiger partial charge is 0.450 e. The molecule has 0 aromatic rings. The van der Waals surface area contributed by atoms with E-state index in [4.69, 9.17) is 9.84 Å². The maximum Gasteiger partial charge on any atom is 0.508 e. The van der Waals surface area contributed by atoms with Crippen LogP contribution in [0, 0.1) is 0 Å². The molecule has 0 rings (SSSR count). The molecule has 0 aliphatic carbocycles. The second kappa shape index (κ2) is 4.14. The molecule has 4 nitrogen and oxygen atoms in total. The summed E-state index contributed by atoms with van der Waals surface area (Å²) in [5.74, 6) is 0. The van der Waals surface area contributed by atoms with Crippen LogP contribution < -0.4 is 0 Å². The third-order valence-corrected chi connectivity index (χ3v) is 0.668. The van der Waals surface area contributed by atoms with E-state index in [1.54, 1.807) is 6.92 Å². The van der Waals surface area contributed by atoms with Crippen LogP contribution >= 0.6 is 0 Å². The first-order valence-electron chi connectivity index (χ1n) is 2.68. The van der Waals surface area contributed by atoms with E-state index in [1.807, 2.05) is 0 Å². The van der Waals surface area contributed by atoms with Crippen LogP contribution in [0.15, 0.2) is 0 Å². The standard InChI is InChI=1S/C5H10O4/c1-3-8-4(2)9-5(6)7/h4H,3H2,1-2H3,(H,6,7). The zero-order chi connectivity index (χ0) is 7.28. The highest BCUT2D eigenvalue weighted by Gasteiger charge is 2.04. The molecular formula is C5H10O4. The van der Waals surface area contributed by atoms with E-state index < -0.39 is 12.4 Å². The van der Waals surface area contributed by atoms with Gasteiger partial charge in [-0.3, -0.25) is 0 Å². The molecule has 0 spiro atoms. The minimum absolute atomic E-state index is 0.453. The molecule has 0 aromatic carbocycles. The van der Waals surface area contributed by atoms with E-state index in [0.29, 0.717) is 6.61 Å². The average molecular weight is 134 g/mol. The van der Waals surface area contributed by atoms with Crippen molar-refractivity contribution in [1.82, 2.24) is 0 Å². The summed E-state index contributed by atoms with van der Waals surface area (Å²) < 4.78 is 8.93. The van der Waals surface area contributed by atoms with Gasteiger partial charge in [-0.15, -0.1) is 0 Å². The first-order valence-corrected chi connectivity index (χ1v) is 2.68. The van der Waals surface area contributed by atoms with Gasteiger partial charge in [0.15, 0.2) is 0 Å². The van der Waals surface area contributed by atoms with Crippen molar-refractivity contribution in [2.75, 3.05) is 6.61 Å². The molecule has 0 aliphatic rings. The Balaban J connectivity index is 3.26. The highest BCUT2D eigenvalue weighted by atomic mass is 16.7. The number of rotatable bonds is 3. The average Bonchev–Trinajstić information content (AvgIpc) is 1.63. The maximum absolute atomic E-state index is 9.78. The van der Waals surface area contributed by atoms with Crippen LogP contribution in [-0.4, -0.2) is 24.2 Å². The molecule has 0 fully saturated rings. The van der Waals surface area contributed by atoms with Gasteiger partial charge in [-0.1, -0.05) is 0 Å². The normalized spacial score (nSPS) is 12.7. The van der Waals surface area contributed by atoms with Crippen LogP contribution in [0.25, 0.3) is 0 Å². The minimum Gasteiger partial charge on any atom is -0.450 e. The van der Waals surface area contributed by atoms with Gasteiger partial charge in [0.2, 0.25) is 6.29 Å². The van der Waals surface area contributed by atoms with Gasteiger partial charge in [0, 0.05) is 6.61 Å². The van der Waals surface area contributed by atoms with Crippen molar-refractivity contribution in [2.24, 2.45) is 0 Å². The SMILES string of the molecule is CCOC(C)OC(=O)O. The largest absolute Gasteiger partial charge is 0.508 e. The summed E-state index contributed by atoms with van der Waals surface area (Å²) in [6.07, 6.45) is -1.97. The first kappa shape index (κ1) is 8.23. The number of carbonyl (C=O) groups is 1. The van der Waals surface area contributed by atoms with Gasteiger partial charge < -0.3 is 14.6 Å². The Kier molecular flexibility index (Phi) is 3.79. The molecule has 1 atom stereocenters. The zero-order valence-electron chi connectivity index (χ0n) is 5.46. The third kappa shape index (κ3) is 5.10. The van der Waals surface area contributed by atoms with Crippen molar-refractivity contribution < 1.29 is 19.4 Å². The molecule has 1 unspecified atom stereocenters. The lowest BCUT2D eigenvalue weighted by molar-refractivity contribution is -0.100. The molecule has 4 heteroatoms. The summed E-state index contributed by atoms with van der Waals surface area (Å²) in [5.41, 5.74) is 0. The van der Waals surface area contributed by atoms with E-state index in [1.165, 1.54) is 6.92 Å². The third-order valence-electron chi connectivity index (χ3n) is 0.668. The van der Waals surface area contributed by atoms with Crippen molar-refractivity contribution in [1.29, 1.82) is 0 Å². The zero-order valence-corrected chi connectivity index (χ0v) is 5.46. The summed E-state index contributed by atoms with van der Waals surface area (Å²) in [6, 6.07) is 0. The number of carboxylic acid groups (broad SMARTS) is 1. The number of hydrogen-bond acceptors (Lipinski definition) is 3. The van der Waals surface area contributed by atoms with Crippen LogP contribution in [0.1, 0.15) is 13.8 Å². The van der Waals surface area contributed by atoms with Crippen LogP contribution in [0.2, 0.25) is 0 Å². The first-order chi connectivity index (χ1) is 4.16. The van der Waals surface area contributed by atoms with Gasteiger partial charge in [0.1, 0.15) is 0 Å². The van der Waals surface area contributed by atoms with Gasteiger partial charge in [-0.25, -0.2) is 4.79 Å². The number of hydrogen-bond donors (Lipinski definition) is 1. The number of ether oxygens (including phenoxy) is 2. The molecule has 0 bridgehead atoms. The topological polar surface area (TPSA) is 55.8 Å². The molecule has 0 radical (unpaired) electrons. The van der Waals surface area contributed by atoms with Crippen LogP contribution in [0.4, 0.5) is 4.79 Å². The maximum atomic E-state index is 9.78. The van der Waals surface area contributed by atoms with E-state index in [0.717, 1.165) is 0 Å². The van der Waals surface area contributed by atoms with Crippen molar-refractivity contribution in [3.63, 3.8) is 0 Å². The second-order valence-electron chi connectivity index (χ2n) is 1.41. The Morgan fingerprint density at radius 3 is 2.67 bits per heavy atom. The molecule has 0 aliphatic heterocycles. The molecule has 0 amide bonds. The molecule has 9 heavy (non-hydrogen) atoms. The second-order valence-corrected chi connectivity index (χ2v) is 1.41. The van der Waals surface area contributed by atoms with Crippen molar-refractivity contribution in [3.05, 3.63) is 0 Å². The van der Waals surface area contributed by atoms with Gasteiger partial charge in [-0.05, 0) is 13.8 Å². The molecule has 0 aromatic heterocycles. The van der Waals surface area contributed by atoms with Crippen LogP contribution in [-0.2, 0) is 9.47 Å². The lowest BCUT2D eigenvalue weighted by Crippen LogP contribution is -2.16. The van der Waals surface area contributed by atoms with Crippen molar-refractivity contribution in [3.8, 4) is 0 Å². The van der Waals surface area contributed by atoms with Gasteiger partial charge in [-0.2, -0.15) is 0 Å². The monoisotopic (exact) mass is 134 g/mol. The fraction of sp³-hybridized carbons (Fsp3) is 0.800. The summed E-state index contributed by atoms with van der Waals surface area (Å²) in [5, 5.41) is 8.01. The molecule has 0 saturated heterocycles. The quantitative estimate of drug-likeness (QED) is 0.463. The highest BCUT2D eigenvalue weighted by Crippen LogP contribution is 1.91. The Hall–Kier alpha value is -0.770. The van der Waals surface area contributed by atoms with Crippen molar-refractivity contribution >= 4 is 6.16 Å². The van der Waals surface area contributed by atoms with Crippen molar-refractivity contribution in [2.45, 2.75) is 20.1 Å². The highest BCUT2D eigenvalue weighted by molar-refractivity contribution is 5.56. The summed E-state index contributed by atoms with van der Waals surface area (Å²) in [4.78, 5) is 9.78. The minimum atomic E-state index is -1.31. The van der Waals surface area contributed by atoms with Crippen LogP contribution in [0.5, 0.6) is 0 Å². The summed E-state index contributed by atoms with van der Waals surface area (Å²) in [7, 11) is 0. The van der Waals surface area contributed by atoms with Crippen LogP contribution in [0.3, 0.4) is 0 Å². The molecule has 0 saturated carbocycles. The van der Waals surface area contributed by atoms with E-state index in [-0.39, 0.29) is 0 Å². The Labute approximate surface area is 53.4 Å². The summed E-state index contributed by atoms with van der Waals surface area (Å²) >= 11 is 0. The van der Waals surface area contributed by atoms with Gasteiger partial charge >= 0.3 is 6.16 Å². The fourth-order valence-corrected chi connectivity index (χ4v) is 0.411. The lowest BCUT2D eigenvalue weighted by Gasteiger charge is -2.08. The molecule has 54 valence electrons. The predicted octanol–water partition coefficient (Wildman–Crippen LogP) is 1.06. The summed E-state index contributed by atoms with van der Waals surface area (Å²) in [6.45, 7) is 3.74. The van der Waals surface area contributed by atoms with E-state index in [9.17, 15) is 4.79 Å². The van der Waals surface area contributed by atoms with Gasteiger partial charge in [0.05, 0.1) is 0 Å².